The summed E-state index contributed by atoms with van der Waals surface area (Å²) in [5.74, 6) is -0.186. The van der Waals surface area contributed by atoms with Crippen molar-refractivity contribution in [1.82, 2.24) is 24.4 Å². The highest BCUT2D eigenvalue weighted by atomic mass is 32.2. The molecule has 0 spiro atoms. The number of piperazine rings is 1. The number of amides is 1. The van der Waals surface area contributed by atoms with E-state index in [1.165, 1.54) is 34.5 Å². The van der Waals surface area contributed by atoms with Crippen molar-refractivity contribution in [1.29, 1.82) is 0 Å². The fraction of sp³-hybridized carbons (Fsp3) is 0.364. The lowest BCUT2D eigenvalue weighted by atomic mass is 10.1. The molecule has 7 rings (SSSR count). The molecule has 1 saturated carbocycles. The zero-order valence-electron chi connectivity index (χ0n) is 25.0. The number of carbonyl (C=O) groups excluding carboxylic acids is 1. The van der Waals surface area contributed by atoms with Gasteiger partial charge in [0.2, 0.25) is 5.91 Å². The summed E-state index contributed by atoms with van der Waals surface area (Å²) in [4.78, 5) is 44.8. The number of benzene rings is 1. The number of hydrogen-bond acceptors (Lipinski definition) is 8. The van der Waals surface area contributed by atoms with Crippen molar-refractivity contribution in [3.05, 3.63) is 77.0 Å². The number of hydrogen-bond donors (Lipinski definition) is 0. The predicted octanol–water partition coefficient (Wildman–Crippen LogP) is 5.48. The van der Waals surface area contributed by atoms with Crippen LogP contribution >= 0.6 is 11.8 Å². The fourth-order valence-electron chi connectivity index (χ4n) is 6.38. The number of thioether (sulfide) groups is 1. The van der Waals surface area contributed by atoms with Crippen LogP contribution in [0.15, 0.2) is 58.9 Å². The standard InChI is InChI=1S/C33H32F2N6O3S/c1-4-26(42)39-12-13-40(23-17-22(23)39)31-19-16-21(35)29-27-20(34)8-7-9-25(27)45-15-6-5-14-44-24-10-11-36-28(18(2)3)30(24)41(32(19)37-29)33(43)38-31/h4,7-11,16,18,22-23H,1,5-6,12-15,17H2,2-3H3/t22-,23?/m1/s1. The minimum absolute atomic E-state index is 0.0573. The van der Waals surface area contributed by atoms with Gasteiger partial charge in [-0.2, -0.15) is 4.98 Å². The third kappa shape index (κ3) is 5.04. The van der Waals surface area contributed by atoms with Crippen molar-refractivity contribution >= 4 is 34.5 Å². The summed E-state index contributed by atoms with van der Waals surface area (Å²) < 4.78 is 39.4. The number of anilines is 1. The van der Waals surface area contributed by atoms with Crippen LogP contribution in [0.5, 0.6) is 5.75 Å². The van der Waals surface area contributed by atoms with Gasteiger partial charge in [0.1, 0.15) is 28.8 Å². The molecule has 12 heteroatoms. The minimum Gasteiger partial charge on any atom is -0.491 e. The second-order valence-electron chi connectivity index (χ2n) is 11.8. The fourth-order valence-corrected chi connectivity index (χ4v) is 7.46. The Labute approximate surface area is 262 Å². The summed E-state index contributed by atoms with van der Waals surface area (Å²) in [6, 6.07) is 7.51. The molecule has 1 saturated heterocycles. The third-order valence-electron chi connectivity index (χ3n) is 8.59. The first-order valence-corrected chi connectivity index (χ1v) is 16.1. The molecular weight excluding hydrogens is 598 g/mol. The molecule has 1 aliphatic carbocycles. The van der Waals surface area contributed by atoms with Crippen LogP contribution in [0.25, 0.3) is 28.0 Å². The van der Waals surface area contributed by atoms with Crippen LogP contribution in [0.4, 0.5) is 14.6 Å². The van der Waals surface area contributed by atoms with Gasteiger partial charge >= 0.3 is 5.69 Å². The van der Waals surface area contributed by atoms with E-state index >= 15 is 8.78 Å². The van der Waals surface area contributed by atoms with Crippen molar-refractivity contribution in [2.45, 2.75) is 56.0 Å². The summed E-state index contributed by atoms with van der Waals surface area (Å²) in [5.41, 5.74) is 0.331. The molecule has 0 radical (unpaired) electrons. The van der Waals surface area contributed by atoms with Gasteiger partial charge in [-0.15, -0.1) is 11.8 Å². The summed E-state index contributed by atoms with van der Waals surface area (Å²) in [6.07, 6.45) is 5.13. The van der Waals surface area contributed by atoms with Gasteiger partial charge in [0.05, 0.1) is 35.3 Å². The van der Waals surface area contributed by atoms with Crippen LogP contribution in [0, 0.1) is 11.6 Å². The molecule has 2 aliphatic heterocycles. The molecule has 2 atom stereocenters. The number of aromatic nitrogens is 4. The maximum atomic E-state index is 16.3. The first-order chi connectivity index (χ1) is 21.8. The van der Waals surface area contributed by atoms with Gasteiger partial charge in [-0.25, -0.2) is 23.1 Å². The van der Waals surface area contributed by atoms with Gasteiger partial charge in [-0.3, -0.25) is 9.78 Å². The Kier molecular flexibility index (Phi) is 7.55. The Hall–Kier alpha value is -4.32. The van der Waals surface area contributed by atoms with E-state index in [0.29, 0.717) is 59.3 Å². The molecule has 3 aromatic heterocycles. The SMILES string of the molecule is C=CC(=O)N1CCN(c2nc(=O)n3c4nc(c(F)cc24)-c2c(F)cccc2SCCCCOc2ccnc(C(C)C)c2-3)C2C[C@H]21. The molecule has 1 unspecified atom stereocenters. The molecule has 9 nitrogen and oxygen atoms in total. The first-order valence-electron chi connectivity index (χ1n) is 15.1. The lowest BCUT2D eigenvalue weighted by Crippen LogP contribution is -2.49. The quantitative estimate of drug-likeness (QED) is 0.275. The van der Waals surface area contributed by atoms with Crippen molar-refractivity contribution in [2.24, 2.45) is 0 Å². The summed E-state index contributed by atoms with van der Waals surface area (Å²) in [5, 5.41) is 0.298. The molecular formula is C33H32F2N6O3S. The lowest BCUT2D eigenvalue weighted by Gasteiger charge is -2.35. The van der Waals surface area contributed by atoms with Crippen molar-refractivity contribution < 1.29 is 18.3 Å². The number of fused-ring (bicyclic) bond motifs is 6. The van der Waals surface area contributed by atoms with Crippen LogP contribution in [-0.4, -0.2) is 67.9 Å². The van der Waals surface area contributed by atoms with Crippen LogP contribution in [-0.2, 0) is 4.79 Å². The minimum atomic E-state index is -0.727. The highest BCUT2D eigenvalue weighted by molar-refractivity contribution is 7.99. The molecule has 4 aromatic rings. The normalized spacial score (nSPS) is 19.4. The van der Waals surface area contributed by atoms with Gasteiger partial charge in [-0.1, -0.05) is 26.5 Å². The number of ether oxygens (including phenoxy) is 1. The van der Waals surface area contributed by atoms with Gasteiger partial charge in [-0.05, 0) is 55.2 Å². The molecule has 5 heterocycles. The Bertz CT molecular complexity index is 1910. The average molecular weight is 631 g/mol. The lowest BCUT2D eigenvalue weighted by molar-refractivity contribution is -0.126. The van der Waals surface area contributed by atoms with Crippen molar-refractivity contribution in [3.8, 4) is 22.7 Å². The van der Waals surface area contributed by atoms with Gasteiger partial charge in [0.25, 0.3) is 0 Å². The molecule has 0 N–H and O–H groups in total. The molecule has 1 amide bonds. The van der Waals surface area contributed by atoms with E-state index in [4.69, 9.17) is 9.72 Å². The molecule has 2 fully saturated rings. The number of rotatable bonds is 3. The smallest absolute Gasteiger partial charge is 0.356 e. The second kappa shape index (κ2) is 11.6. The van der Waals surface area contributed by atoms with Crippen LogP contribution < -0.4 is 15.3 Å². The monoisotopic (exact) mass is 630 g/mol. The average Bonchev–Trinajstić information content (AvgIpc) is 3.83. The summed E-state index contributed by atoms with van der Waals surface area (Å²) in [7, 11) is 0. The van der Waals surface area contributed by atoms with E-state index in [9.17, 15) is 9.59 Å². The van der Waals surface area contributed by atoms with Crippen LogP contribution in [0.2, 0.25) is 0 Å². The largest absolute Gasteiger partial charge is 0.491 e. The van der Waals surface area contributed by atoms with E-state index in [1.54, 1.807) is 29.3 Å². The topological polar surface area (TPSA) is 93.5 Å². The van der Waals surface area contributed by atoms with Crippen LogP contribution in [0.1, 0.15) is 44.7 Å². The molecule has 2 bridgehead atoms. The van der Waals surface area contributed by atoms with Gasteiger partial charge in [0, 0.05) is 30.2 Å². The van der Waals surface area contributed by atoms with E-state index in [1.807, 2.05) is 18.7 Å². The second-order valence-corrected chi connectivity index (χ2v) is 12.9. The number of halogens is 2. The Balaban J connectivity index is 1.52. The van der Waals surface area contributed by atoms with E-state index in [-0.39, 0.29) is 46.6 Å². The summed E-state index contributed by atoms with van der Waals surface area (Å²) >= 11 is 1.43. The Morgan fingerprint density at radius 2 is 1.98 bits per heavy atom. The van der Waals surface area contributed by atoms with Crippen LogP contribution in [0.3, 0.4) is 0 Å². The van der Waals surface area contributed by atoms with E-state index in [2.05, 4.69) is 16.5 Å². The zero-order valence-corrected chi connectivity index (χ0v) is 25.8. The molecule has 232 valence electrons. The Morgan fingerprint density at radius 3 is 2.78 bits per heavy atom. The molecule has 1 aromatic carbocycles. The maximum Gasteiger partial charge on any atom is 0.356 e. The zero-order chi connectivity index (χ0) is 31.4. The van der Waals surface area contributed by atoms with Crippen molar-refractivity contribution in [2.75, 3.05) is 30.3 Å². The van der Waals surface area contributed by atoms with Gasteiger partial charge < -0.3 is 14.5 Å². The highest BCUT2D eigenvalue weighted by Crippen LogP contribution is 2.43. The third-order valence-corrected chi connectivity index (χ3v) is 9.73. The summed E-state index contributed by atoms with van der Waals surface area (Å²) in [6.45, 7) is 8.72. The maximum absolute atomic E-state index is 16.3. The molecule has 3 aliphatic rings. The first kappa shape index (κ1) is 29.4. The van der Waals surface area contributed by atoms with Gasteiger partial charge in [0.15, 0.2) is 11.5 Å². The van der Waals surface area contributed by atoms with Crippen molar-refractivity contribution in [3.63, 3.8) is 0 Å². The number of carbonyl (C=O) groups is 1. The Morgan fingerprint density at radius 1 is 1.13 bits per heavy atom. The van der Waals surface area contributed by atoms with E-state index in [0.717, 1.165) is 12.8 Å². The molecule has 45 heavy (non-hydrogen) atoms. The highest BCUT2D eigenvalue weighted by Gasteiger charge is 2.51. The van der Waals surface area contributed by atoms with E-state index < -0.39 is 17.3 Å². The number of pyridine rings is 2. The number of nitrogens with zero attached hydrogens (tertiary/aromatic N) is 6. The predicted molar refractivity (Wildman–Crippen MR) is 169 cm³/mol.